The molecule has 0 aromatic rings. The number of esters is 1. The monoisotopic (exact) mass is 259 g/mol. The summed E-state index contributed by atoms with van der Waals surface area (Å²) in [4.78, 5) is 35.6. The van der Waals surface area contributed by atoms with Crippen LogP contribution >= 0.6 is 0 Å². The molecule has 2 atom stereocenters. The Bertz CT molecular complexity index is 372. The lowest BCUT2D eigenvalue weighted by atomic mass is 10.2. The Kier molecular flexibility index (Phi) is 3.83. The van der Waals surface area contributed by atoms with Crippen LogP contribution in [0.25, 0.3) is 0 Å². The van der Waals surface area contributed by atoms with Crippen LogP contribution in [0.1, 0.15) is 27.7 Å². The molecule has 0 N–H and O–H groups in total. The highest BCUT2D eigenvalue weighted by atomic mass is 16.6. The molecule has 0 radical (unpaired) electrons. The standard InChI is InChI=1S/C11H17NO6/c1-6-7(8(13)16-5)12(9(14)17-6)10(15)18-11(2,3)4/h6-7H,1-5H3/t6-,7-/m1/s1. The Labute approximate surface area is 105 Å². The molecule has 7 heteroatoms. The van der Waals surface area contributed by atoms with Crippen molar-refractivity contribution < 1.29 is 28.6 Å². The van der Waals surface area contributed by atoms with Gasteiger partial charge < -0.3 is 14.2 Å². The van der Waals surface area contributed by atoms with Gasteiger partial charge in [0.05, 0.1) is 7.11 Å². The van der Waals surface area contributed by atoms with E-state index < -0.39 is 35.9 Å². The molecule has 1 heterocycles. The van der Waals surface area contributed by atoms with Gasteiger partial charge in [-0.05, 0) is 27.7 Å². The minimum Gasteiger partial charge on any atom is -0.467 e. The Hall–Kier alpha value is -1.79. The molecule has 102 valence electrons. The summed E-state index contributed by atoms with van der Waals surface area (Å²) in [6, 6.07) is -1.11. The number of hydrogen-bond acceptors (Lipinski definition) is 6. The van der Waals surface area contributed by atoms with Gasteiger partial charge >= 0.3 is 18.2 Å². The molecule has 1 aliphatic heterocycles. The number of carbonyl (C=O) groups is 3. The summed E-state index contributed by atoms with van der Waals surface area (Å²) in [6.07, 6.45) is -2.60. The average Bonchev–Trinajstić information content (AvgIpc) is 2.49. The maximum atomic E-state index is 11.8. The van der Waals surface area contributed by atoms with E-state index in [4.69, 9.17) is 9.47 Å². The van der Waals surface area contributed by atoms with Crippen LogP contribution in [0.15, 0.2) is 0 Å². The van der Waals surface area contributed by atoms with E-state index in [1.165, 1.54) is 14.0 Å². The molecule has 0 aliphatic carbocycles. The molecule has 0 saturated carbocycles. The van der Waals surface area contributed by atoms with Crippen molar-refractivity contribution in [1.29, 1.82) is 0 Å². The molecule has 2 amide bonds. The van der Waals surface area contributed by atoms with Crippen LogP contribution in [-0.2, 0) is 19.0 Å². The summed E-state index contributed by atoms with van der Waals surface area (Å²) in [7, 11) is 1.17. The first-order chi connectivity index (χ1) is 8.17. The van der Waals surface area contributed by atoms with Gasteiger partial charge in [0.15, 0.2) is 6.04 Å². The zero-order valence-corrected chi connectivity index (χ0v) is 11.1. The van der Waals surface area contributed by atoms with Crippen LogP contribution in [0, 0.1) is 0 Å². The Morgan fingerprint density at radius 1 is 1.33 bits per heavy atom. The van der Waals surface area contributed by atoms with Gasteiger partial charge in [-0.1, -0.05) is 0 Å². The average molecular weight is 259 g/mol. The van der Waals surface area contributed by atoms with Crippen LogP contribution in [0.4, 0.5) is 9.59 Å². The zero-order valence-electron chi connectivity index (χ0n) is 11.1. The molecular formula is C11H17NO6. The van der Waals surface area contributed by atoms with Crippen molar-refractivity contribution in [2.45, 2.75) is 45.4 Å². The molecule has 7 nitrogen and oxygen atoms in total. The highest BCUT2D eigenvalue weighted by molar-refractivity contribution is 5.96. The van der Waals surface area contributed by atoms with E-state index in [1.54, 1.807) is 20.8 Å². The van der Waals surface area contributed by atoms with E-state index in [-0.39, 0.29) is 0 Å². The molecule has 1 rings (SSSR count). The molecule has 0 aromatic carbocycles. The topological polar surface area (TPSA) is 82.1 Å². The second-order valence-electron chi connectivity index (χ2n) is 4.91. The first-order valence-electron chi connectivity index (χ1n) is 5.48. The fourth-order valence-corrected chi connectivity index (χ4v) is 1.52. The van der Waals surface area contributed by atoms with Crippen molar-refractivity contribution in [3.8, 4) is 0 Å². The number of cyclic esters (lactones) is 1. The van der Waals surface area contributed by atoms with Crippen LogP contribution in [0.5, 0.6) is 0 Å². The number of rotatable bonds is 1. The van der Waals surface area contributed by atoms with Gasteiger partial charge in [0.1, 0.15) is 11.7 Å². The van der Waals surface area contributed by atoms with Crippen molar-refractivity contribution in [1.82, 2.24) is 4.90 Å². The van der Waals surface area contributed by atoms with Gasteiger partial charge in [-0.25, -0.2) is 14.4 Å². The minimum absolute atomic E-state index is 0.641. The van der Waals surface area contributed by atoms with Crippen LogP contribution in [0.2, 0.25) is 0 Å². The third-order valence-electron chi connectivity index (χ3n) is 2.24. The van der Waals surface area contributed by atoms with Crippen molar-refractivity contribution in [2.24, 2.45) is 0 Å². The quantitative estimate of drug-likeness (QED) is 0.521. The second-order valence-corrected chi connectivity index (χ2v) is 4.91. The van der Waals surface area contributed by atoms with Crippen LogP contribution < -0.4 is 0 Å². The second kappa shape index (κ2) is 4.83. The van der Waals surface area contributed by atoms with Gasteiger partial charge in [0.2, 0.25) is 0 Å². The minimum atomic E-state index is -1.11. The molecule has 0 spiro atoms. The van der Waals surface area contributed by atoms with Crippen molar-refractivity contribution in [3.05, 3.63) is 0 Å². The molecule has 18 heavy (non-hydrogen) atoms. The number of amides is 2. The van der Waals surface area contributed by atoms with Crippen LogP contribution in [-0.4, -0.2) is 47.9 Å². The largest absolute Gasteiger partial charge is 0.467 e. The fraction of sp³-hybridized carbons (Fsp3) is 0.727. The number of nitrogens with zero attached hydrogens (tertiary/aromatic N) is 1. The number of ether oxygens (including phenoxy) is 3. The summed E-state index contributed by atoms with van der Waals surface area (Å²) >= 11 is 0. The Morgan fingerprint density at radius 2 is 1.89 bits per heavy atom. The van der Waals surface area contributed by atoms with Gasteiger partial charge in [-0.15, -0.1) is 0 Å². The van der Waals surface area contributed by atoms with Crippen molar-refractivity contribution in [3.63, 3.8) is 0 Å². The highest BCUT2D eigenvalue weighted by Gasteiger charge is 2.49. The lowest BCUT2D eigenvalue weighted by Crippen LogP contribution is -2.48. The van der Waals surface area contributed by atoms with Crippen molar-refractivity contribution >= 4 is 18.2 Å². The van der Waals surface area contributed by atoms with Crippen LogP contribution in [0.3, 0.4) is 0 Å². The maximum Gasteiger partial charge on any atom is 0.420 e. The predicted molar refractivity (Wildman–Crippen MR) is 59.8 cm³/mol. The summed E-state index contributed by atoms with van der Waals surface area (Å²) < 4.78 is 14.4. The zero-order chi connectivity index (χ0) is 14.1. The number of carbonyl (C=O) groups excluding carboxylic acids is 3. The number of imide groups is 1. The molecule has 1 fully saturated rings. The SMILES string of the molecule is COC(=O)[C@H]1[C@@H](C)OC(=O)N1C(=O)OC(C)(C)C. The molecule has 1 saturated heterocycles. The third kappa shape index (κ3) is 2.91. The van der Waals surface area contributed by atoms with E-state index in [2.05, 4.69) is 4.74 Å². The van der Waals surface area contributed by atoms with E-state index in [9.17, 15) is 14.4 Å². The third-order valence-corrected chi connectivity index (χ3v) is 2.24. The number of methoxy groups -OCH3 is 1. The molecule has 1 aliphatic rings. The molecular weight excluding hydrogens is 242 g/mol. The Morgan fingerprint density at radius 3 is 2.33 bits per heavy atom. The Balaban J connectivity index is 2.93. The van der Waals surface area contributed by atoms with E-state index in [0.717, 1.165) is 0 Å². The van der Waals surface area contributed by atoms with Gasteiger partial charge in [0.25, 0.3) is 0 Å². The fourth-order valence-electron chi connectivity index (χ4n) is 1.52. The summed E-state index contributed by atoms with van der Waals surface area (Å²) in [6.45, 7) is 6.47. The van der Waals surface area contributed by atoms with E-state index in [1.807, 2.05) is 0 Å². The normalized spacial score (nSPS) is 23.6. The van der Waals surface area contributed by atoms with E-state index in [0.29, 0.717) is 4.90 Å². The first-order valence-corrected chi connectivity index (χ1v) is 5.48. The van der Waals surface area contributed by atoms with E-state index >= 15 is 0 Å². The van der Waals surface area contributed by atoms with Gasteiger partial charge in [-0.2, -0.15) is 4.90 Å². The maximum absolute atomic E-state index is 11.8. The van der Waals surface area contributed by atoms with Crippen molar-refractivity contribution in [2.75, 3.05) is 7.11 Å². The predicted octanol–water partition coefficient (Wildman–Crippen LogP) is 1.30. The molecule has 0 bridgehead atoms. The smallest absolute Gasteiger partial charge is 0.420 e. The molecule has 0 aromatic heterocycles. The summed E-state index contributed by atoms with van der Waals surface area (Å²) in [5, 5.41) is 0. The summed E-state index contributed by atoms with van der Waals surface area (Å²) in [5.41, 5.74) is -0.774. The van der Waals surface area contributed by atoms with Gasteiger partial charge in [0, 0.05) is 0 Å². The molecule has 0 unspecified atom stereocenters. The lowest BCUT2D eigenvalue weighted by molar-refractivity contribution is -0.146. The first kappa shape index (κ1) is 14.3. The summed E-state index contributed by atoms with van der Waals surface area (Å²) in [5.74, 6) is -0.723. The van der Waals surface area contributed by atoms with Gasteiger partial charge in [-0.3, -0.25) is 0 Å². The lowest BCUT2D eigenvalue weighted by Gasteiger charge is -2.24. The number of hydrogen-bond donors (Lipinski definition) is 0. The highest BCUT2D eigenvalue weighted by Crippen LogP contribution is 2.23.